The summed E-state index contributed by atoms with van der Waals surface area (Å²) in [7, 11) is 0. The predicted octanol–water partition coefficient (Wildman–Crippen LogP) is 2.34. The van der Waals surface area contributed by atoms with Gasteiger partial charge in [-0.2, -0.15) is 13.9 Å². The summed E-state index contributed by atoms with van der Waals surface area (Å²) >= 11 is 0. The number of halogens is 2. The third kappa shape index (κ3) is 3.88. The third-order valence-corrected chi connectivity index (χ3v) is 4.49. The lowest BCUT2D eigenvalue weighted by Gasteiger charge is -2.37. The molecule has 1 aromatic heterocycles. The highest BCUT2D eigenvalue weighted by molar-refractivity contribution is 5.84. The van der Waals surface area contributed by atoms with E-state index in [9.17, 15) is 18.7 Å². The van der Waals surface area contributed by atoms with E-state index in [-0.39, 0.29) is 19.4 Å². The molecule has 0 unspecified atom stereocenters. The van der Waals surface area contributed by atoms with Gasteiger partial charge in [-0.05, 0) is 39.2 Å². The van der Waals surface area contributed by atoms with Gasteiger partial charge in [0.2, 0.25) is 0 Å². The predicted molar refractivity (Wildman–Crippen MR) is 82.3 cm³/mol. The molecule has 1 fully saturated rings. The maximum absolute atomic E-state index is 14.2. The van der Waals surface area contributed by atoms with Gasteiger partial charge in [0, 0.05) is 18.8 Å². The Labute approximate surface area is 135 Å². The van der Waals surface area contributed by atoms with E-state index in [1.54, 1.807) is 4.68 Å². The van der Waals surface area contributed by atoms with Crippen molar-refractivity contribution in [1.29, 1.82) is 0 Å². The Balaban J connectivity index is 1.82. The van der Waals surface area contributed by atoms with Crippen LogP contribution in [0.5, 0.6) is 0 Å². The zero-order valence-electron chi connectivity index (χ0n) is 13.7. The molecule has 0 radical (unpaired) electrons. The summed E-state index contributed by atoms with van der Waals surface area (Å²) in [6, 6.07) is 1.94. The average Bonchev–Trinajstić information content (AvgIpc) is 2.82. The summed E-state index contributed by atoms with van der Waals surface area (Å²) in [6.07, 6.45) is 2.32. The van der Waals surface area contributed by atoms with E-state index in [0.29, 0.717) is 25.8 Å². The number of alkyl halides is 2. The zero-order chi connectivity index (χ0) is 17.1. The van der Waals surface area contributed by atoms with Gasteiger partial charge in [0.25, 0.3) is 5.91 Å². The number of aliphatic hydroxyl groups is 1. The Morgan fingerprint density at radius 3 is 2.61 bits per heavy atom. The van der Waals surface area contributed by atoms with Gasteiger partial charge < -0.3 is 10.4 Å². The number of aryl methyl sites for hydroxylation is 3. The molecule has 7 heteroatoms. The van der Waals surface area contributed by atoms with Crippen LogP contribution in [0.15, 0.2) is 6.07 Å². The Morgan fingerprint density at radius 2 is 2.04 bits per heavy atom. The highest BCUT2D eigenvalue weighted by atomic mass is 19.3. The number of carbonyl (C=O) groups excluding carboxylic acids is 1. The van der Waals surface area contributed by atoms with Gasteiger partial charge in [-0.15, -0.1) is 0 Å². The Bertz CT molecular complexity index is 552. The van der Waals surface area contributed by atoms with Crippen molar-refractivity contribution >= 4 is 5.91 Å². The molecule has 0 aliphatic heterocycles. The molecule has 5 nitrogen and oxygen atoms in total. The minimum absolute atomic E-state index is 0.0286. The fourth-order valence-corrected chi connectivity index (χ4v) is 3.11. The van der Waals surface area contributed by atoms with Crippen molar-refractivity contribution in [2.45, 2.75) is 70.4 Å². The molecule has 23 heavy (non-hydrogen) atoms. The standard InChI is InChI=1S/C16H25F2N3O2/c1-12-11-13(2)21(20-12)10-6-9-19-14(22)16(17,18)15(23)7-4-3-5-8-15/h11,23H,3-10H2,1-2H3,(H,19,22). The van der Waals surface area contributed by atoms with Crippen LogP contribution in [0, 0.1) is 13.8 Å². The number of amides is 1. The van der Waals surface area contributed by atoms with Gasteiger partial charge in [-0.1, -0.05) is 19.3 Å². The molecule has 0 saturated heterocycles. The van der Waals surface area contributed by atoms with Gasteiger partial charge in [-0.25, -0.2) is 0 Å². The molecule has 1 heterocycles. The van der Waals surface area contributed by atoms with Crippen molar-refractivity contribution in [2.24, 2.45) is 0 Å². The van der Waals surface area contributed by atoms with E-state index in [4.69, 9.17) is 0 Å². The van der Waals surface area contributed by atoms with Gasteiger partial charge >= 0.3 is 5.92 Å². The highest BCUT2D eigenvalue weighted by Crippen LogP contribution is 2.40. The smallest absolute Gasteiger partial charge is 0.352 e. The van der Waals surface area contributed by atoms with Crippen LogP contribution in [0.4, 0.5) is 8.78 Å². The van der Waals surface area contributed by atoms with Crippen molar-refractivity contribution in [3.8, 4) is 0 Å². The summed E-state index contributed by atoms with van der Waals surface area (Å²) in [5.74, 6) is -5.12. The van der Waals surface area contributed by atoms with E-state index in [1.165, 1.54) is 0 Å². The number of nitrogens with one attached hydrogen (secondary N) is 1. The molecular weight excluding hydrogens is 304 g/mol. The van der Waals surface area contributed by atoms with E-state index in [0.717, 1.165) is 17.8 Å². The maximum Gasteiger partial charge on any atom is 0.352 e. The second-order valence-electron chi connectivity index (χ2n) is 6.43. The normalized spacial score (nSPS) is 18.0. The van der Waals surface area contributed by atoms with Crippen molar-refractivity contribution in [2.75, 3.05) is 6.54 Å². The number of nitrogens with zero attached hydrogens (tertiary/aromatic N) is 2. The second kappa shape index (κ2) is 6.95. The molecule has 1 amide bonds. The van der Waals surface area contributed by atoms with Crippen LogP contribution in [-0.4, -0.2) is 38.9 Å². The molecule has 0 atom stereocenters. The molecule has 0 aromatic carbocycles. The largest absolute Gasteiger partial charge is 0.383 e. The summed E-state index contributed by atoms with van der Waals surface area (Å²) in [6.45, 7) is 4.49. The SMILES string of the molecule is Cc1cc(C)n(CCCNC(=O)C(F)(F)C2(O)CCCCC2)n1. The van der Waals surface area contributed by atoms with Crippen LogP contribution >= 0.6 is 0 Å². The van der Waals surface area contributed by atoms with Crippen LogP contribution < -0.4 is 5.32 Å². The van der Waals surface area contributed by atoms with Gasteiger partial charge in [0.15, 0.2) is 0 Å². The molecule has 1 aliphatic rings. The van der Waals surface area contributed by atoms with Crippen LogP contribution in [0.3, 0.4) is 0 Å². The third-order valence-electron chi connectivity index (χ3n) is 4.49. The molecule has 0 bridgehead atoms. The molecule has 1 saturated carbocycles. The summed E-state index contributed by atoms with van der Waals surface area (Å²) in [5.41, 5.74) is -0.307. The number of hydrogen-bond acceptors (Lipinski definition) is 3. The molecule has 2 N–H and O–H groups in total. The van der Waals surface area contributed by atoms with E-state index >= 15 is 0 Å². The first kappa shape index (κ1) is 17.8. The summed E-state index contributed by atoms with van der Waals surface area (Å²) in [4.78, 5) is 11.8. The number of rotatable bonds is 6. The molecule has 0 spiro atoms. The van der Waals surface area contributed by atoms with Crippen LogP contribution in [-0.2, 0) is 11.3 Å². The van der Waals surface area contributed by atoms with Crippen molar-refractivity contribution in [3.63, 3.8) is 0 Å². The lowest BCUT2D eigenvalue weighted by Crippen LogP contribution is -2.58. The first-order valence-electron chi connectivity index (χ1n) is 8.16. The summed E-state index contributed by atoms with van der Waals surface area (Å²) < 4.78 is 30.2. The quantitative estimate of drug-likeness (QED) is 0.787. The Kier molecular flexibility index (Phi) is 5.39. The maximum atomic E-state index is 14.2. The van der Waals surface area contributed by atoms with Crippen LogP contribution in [0.25, 0.3) is 0 Å². The van der Waals surface area contributed by atoms with Crippen molar-refractivity contribution in [3.05, 3.63) is 17.5 Å². The minimum atomic E-state index is -3.74. The summed E-state index contributed by atoms with van der Waals surface area (Å²) in [5, 5.41) is 16.6. The molecule has 1 aliphatic carbocycles. The zero-order valence-corrected chi connectivity index (χ0v) is 13.7. The highest BCUT2D eigenvalue weighted by Gasteiger charge is 2.57. The van der Waals surface area contributed by atoms with Crippen LogP contribution in [0.2, 0.25) is 0 Å². The molecule has 2 rings (SSSR count). The number of aromatic nitrogens is 2. The minimum Gasteiger partial charge on any atom is -0.383 e. The van der Waals surface area contributed by atoms with E-state index in [1.807, 2.05) is 19.9 Å². The van der Waals surface area contributed by atoms with E-state index in [2.05, 4.69) is 10.4 Å². The lowest BCUT2D eigenvalue weighted by molar-refractivity contribution is -0.201. The first-order chi connectivity index (χ1) is 10.8. The Hall–Kier alpha value is -1.50. The molecule has 130 valence electrons. The molecule has 1 aromatic rings. The fourth-order valence-electron chi connectivity index (χ4n) is 3.11. The topological polar surface area (TPSA) is 67.2 Å². The second-order valence-corrected chi connectivity index (χ2v) is 6.43. The first-order valence-corrected chi connectivity index (χ1v) is 8.16. The van der Waals surface area contributed by atoms with Gasteiger partial charge in [-0.3, -0.25) is 9.48 Å². The fraction of sp³-hybridized carbons (Fsp3) is 0.750. The van der Waals surface area contributed by atoms with E-state index < -0.39 is 17.4 Å². The number of carbonyl (C=O) groups is 1. The average molecular weight is 329 g/mol. The van der Waals surface area contributed by atoms with Crippen molar-refractivity contribution in [1.82, 2.24) is 15.1 Å². The van der Waals surface area contributed by atoms with Crippen molar-refractivity contribution < 1.29 is 18.7 Å². The van der Waals surface area contributed by atoms with Gasteiger partial charge in [0.05, 0.1) is 5.69 Å². The lowest BCUT2D eigenvalue weighted by atomic mass is 9.79. The Morgan fingerprint density at radius 1 is 1.39 bits per heavy atom. The monoisotopic (exact) mass is 329 g/mol. The number of hydrogen-bond donors (Lipinski definition) is 2. The van der Waals surface area contributed by atoms with Crippen LogP contribution in [0.1, 0.15) is 49.9 Å². The van der Waals surface area contributed by atoms with Gasteiger partial charge in [0.1, 0.15) is 5.60 Å². The molecular formula is C16H25F2N3O2.